The van der Waals surface area contributed by atoms with E-state index in [1.165, 1.54) is 0 Å². The molecule has 0 aliphatic heterocycles. The Labute approximate surface area is 105 Å². The summed E-state index contributed by atoms with van der Waals surface area (Å²) in [7, 11) is 0. The van der Waals surface area contributed by atoms with Crippen LogP contribution in [0.2, 0.25) is 0 Å². The molecule has 1 aromatic heterocycles. The fourth-order valence-electron chi connectivity index (χ4n) is 1.61. The van der Waals surface area contributed by atoms with Crippen LogP contribution in [0.3, 0.4) is 0 Å². The molecule has 1 aromatic carbocycles. The van der Waals surface area contributed by atoms with Crippen molar-refractivity contribution in [3.63, 3.8) is 0 Å². The lowest BCUT2D eigenvalue weighted by Crippen LogP contribution is -2.01. The van der Waals surface area contributed by atoms with E-state index < -0.39 is 0 Å². The Kier molecular flexibility index (Phi) is 3.24. The Hall–Kier alpha value is -2.41. The van der Waals surface area contributed by atoms with Gasteiger partial charge in [-0.05, 0) is 37.6 Å². The second-order valence-electron chi connectivity index (χ2n) is 4.02. The van der Waals surface area contributed by atoms with Crippen LogP contribution in [0.25, 0.3) is 0 Å². The van der Waals surface area contributed by atoms with Crippen molar-refractivity contribution in [3.05, 3.63) is 53.0 Å². The van der Waals surface area contributed by atoms with Crippen LogP contribution in [0.4, 0.5) is 15.9 Å². The number of nitrogens with one attached hydrogen (secondary N) is 1. The van der Waals surface area contributed by atoms with Gasteiger partial charge in [-0.2, -0.15) is 5.26 Å². The topological polar surface area (TPSA) is 48.7 Å². The Morgan fingerprint density at radius 3 is 2.72 bits per heavy atom. The number of rotatable bonds is 2. The highest BCUT2D eigenvalue weighted by molar-refractivity contribution is 5.63. The fraction of sp³-hybridized carbons (Fsp3) is 0.143. The molecule has 0 aliphatic rings. The van der Waals surface area contributed by atoms with Crippen LogP contribution in [0.15, 0.2) is 30.3 Å². The molecule has 0 radical (unpaired) electrons. The molecule has 0 fully saturated rings. The van der Waals surface area contributed by atoms with Crippen LogP contribution in [0, 0.1) is 31.0 Å². The van der Waals surface area contributed by atoms with Crippen molar-refractivity contribution in [2.24, 2.45) is 0 Å². The number of anilines is 2. The summed E-state index contributed by atoms with van der Waals surface area (Å²) in [5.74, 6) is 0.0479. The molecule has 4 heteroatoms. The second-order valence-corrected chi connectivity index (χ2v) is 4.02. The van der Waals surface area contributed by atoms with Crippen molar-refractivity contribution in [2.45, 2.75) is 13.8 Å². The second kappa shape index (κ2) is 4.84. The standard InChI is InChI=1S/C14H12FN3/c1-9-4-3-5-12(13(9)15)18-14-11(8-16)7-6-10(2)17-14/h3-7H,1-2H3,(H,17,18). The molecule has 2 aromatic rings. The summed E-state index contributed by atoms with van der Waals surface area (Å²) in [5.41, 5.74) is 2.03. The van der Waals surface area contributed by atoms with Gasteiger partial charge in [0.1, 0.15) is 17.7 Å². The van der Waals surface area contributed by atoms with Crippen LogP contribution in [0.5, 0.6) is 0 Å². The quantitative estimate of drug-likeness (QED) is 0.876. The number of benzene rings is 1. The molecular formula is C14H12FN3. The lowest BCUT2D eigenvalue weighted by atomic mass is 10.2. The predicted molar refractivity (Wildman–Crippen MR) is 68.1 cm³/mol. The maximum absolute atomic E-state index is 13.9. The largest absolute Gasteiger partial charge is 0.337 e. The Morgan fingerprint density at radius 2 is 2.00 bits per heavy atom. The normalized spacial score (nSPS) is 9.89. The SMILES string of the molecule is Cc1ccc(C#N)c(Nc2cccc(C)c2F)n1. The summed E-state index contributed by atoms with van der Waals surface area (Å²) in [6.07, 6.45) is 0. The van der Waals surface area contributed by atoms with E-state index in [1.807, 2.05) is 13.0 Å². The lowest BCUT2D eigenvalue weighted by molar-refractivity contribution is 0.622. The molecule has 3 nitrogen and oxygen atoms in total. The van der Waals surface area contributed by atoms with E-state index in [2.05, 4.69) is 10.3 Å². The molecule has 0 aliphatic carbocycles. The highest BCUT2D eigenvalue weighted by Gasteiger charge is 2.09. The summed E-state index contributed by atoms with van der Waals surface area (Å²) in [6, 6.07) is 10.5. The minimum atomic E-state index is -0.329. The first-order valence-corrected chi connectivity index (χ1v) is 5.51. The average Bonchev–Trinajstić information content (AvgIpc) is 2.35. The summed E-state index contributed by atoms with van der Waals surface area (Å²) >= 11 is 0. The highest BCUT2D eigenvalue weighted by atomic mass is 19.1. The molecule has 0 amide bonds. The molecule has 2 rings (SSSR count). The molecule has 0 atom stereocenters. The van der Waals surface area contributed by atoms with E-state index in [9.17, 15) is 4.39 Å². The Bertz CT molecular complexity index is 629. The van der Waals surface area contributed by atoms with Gasteiger partial charge in [-0.25, -0.2) is 9.37 Å². The number of hydrogen-bond donors (Lipinski definition) is 1. The minimum Gasteiger partial charge on any atom is -0.337 e. The van der Waals surface area contributed by atoms with Crippen molar-refractivity contribution < 1.29 is 4.39 Å². The molecule has 0 bridgehead atoms. The molecule has 90 valence electrons. The summed E-state index contributed by atoms with van der Waals surface area (Å²) in [4.78, 5) is 4.21. The van der Waals surface area contributed by atoms with Gasteiger partial charge in [0.2, 0.25) is 0 Å². The van der Waals surface area contributed by atoms with E-state index in [0.29, 0.717) is 22.6 Å². The Morgan fingerprint density at radius 1 is 1.22 bits per heavy atom. The smallest absolute Gasteiger partial charge is 0.149 e. The monoisotopic (exact) mass is 241 g/mol. The van der Waals surface area contributed by atoms with Crippen molar-refractivity contribution >= 4 is 11.5 Å². The van der Waals surface area contributed by atoms with Crippen LogP contribution in [-0.2, 0) is 0 Å². The zero-order valence-corrected chi connectivity index (χ0v) is 10.2. The zero-order chi connectivity index (χ0) is 13.1. The maximum Gasteiger partial charge on any atom is 0.149 e. The van der Waals surface area contributed by atoms with Crippen molar-refractivity contribution in [1.29, 1.82) is 5.26 Å². The van der Waals surface area contributed by atoms with Gasteiger partial charge >= 0.3 is 0 Å². The molecule has 1 N–H and O–H groups in total. The molecule has 0 saturated carbocycles. The number of pyridine rings is 1. The van der Waals surface area contributed by atoms with Gasteiger partial charge in [-0.1, -0.05) is 12.1 Å². The first-order chi connectivity index (χ1) is 8.61. The van der Waals surface area contributed by atoms with Crippen LogP contribution >= 0.6 is 0 Å². The summed E-state index contributed by atoms with van der Waals surface area (Å²) in [6.45, 7) is 3.51. The fourth-order valence-corrected chi connectivity index (χ4v) is 1.61. The third-order valence-corrected chi connectivity index (χ3v) is 2.60. The van der Waals surface area contributed by atoms with Crippen LogP contribution in [-0.4, -0.2) is 4.98 Å². The van der Waals surface area contributed by atoms with Gasteiger partial charge in [0.25, 0.3) is 0 Å². The minimum absolute atomic E-state index is 0.324. The number of halogens is 1. The summed E-state index contributed by atoms with van der Waals surface area (Å²) in [5, 5.41) is 11.9. The van der Waals surface area contributed by atoms with E-state index >= 15 is 0 Å². The molecule has 1 heterocycles. The first-order valence-electron chi connectivity index (χ1n) is 5.51. The zero-order valence-electron chi connectivity index (χ0n) is 10.2. The van der Waals surface area contributed by atoms with Gasteiger partial charge in [0.15, 0.2) is 0 Å². The average molecular weight is 241 g/mol. The van der Waals surface area contributed by atoms with E-state index in [4.69, 9.17) is 5.26 Å². The van der Waals surface area contributed by atoms with Gasteiger partial charge in [-0.3, -0.25) is 0 Å². The number of nitriles is 1. The van der Waals surface area contributed by atoms with Gasteiger partial charge in [0.05, 0.1) is 11.3 Å². The molecular weight excluding hydrogens is 229 g/mol. The van der Waals surface area contributed by atoms with Gasteiger partial charge in [-0.15, -0.1) is 0 Å². The molecule has 0 spiro atoms. The predicted octanol–water partition coefficient (Wildman–Crippen LogP) is 3.45. The number of aryl methyl sites for hydroxylation is 2. The van der Waals surface area contributed by atoms with Crippen LogP contribution < -0.4 is 5.32 Å². The first kappa shape index (κ1) is 12.1. The number of nitrogens with zero attached hydrogens (tertiary/aromatic N) is 2. The maximum atomic E-state index is 13.9. The highest BCUT2D eigenvalue weighted by Crippen LogP contribution is 2.23. The Balaban J connectivity index is 2.43. The van der Waals surface area contributed by atoms with Crippen molar-refractivity contribution in [3.8, 4) is 6.07 Å². The van der Waals surface area contributed by atoms with Crippen LogP contribution in [0.1, 0.15) is 16.8 Å². The molecule has 18 heavy (non-hydrogen) atoms. The van der Waals surface area contributed by atoms with Gasteiger partial charge in [0, 0.05) is 5.69 Å². The van der Waals surface area contributed by atoms with E-state index in [-0.39, 0.29) is 5.82 Å². The number of hydrogen-bond acceptors (Lipinski definition) is 3. The summed E-state index contributed by atoms with van der Waals surface area (Å²) < 4.78 is 13.9. The third kappa shape index (κ3) is 2.30. The number of aromatic nitrogens is 1. The van der Waals surface area contributed by atoms with E-state index in [0.717, 1.165) is 5.69 Å². The molecule has 0 unspecified atom stereocenters. The van der Waals surface area contributed by atoms with Crippen molar-refractivity contribution in [1.82, 2.24) is 4.98 Å². The van der Waals surface area contributed by atoms with Crippen molar-refractivity contribution in [2.75, 3.05) is 5.32 Å². The van der Waals surface area contributed by atoms with Gasteiger partial charge < -0.3 is 5.32 Å². The third-order valence-electron chi connectivity index (χ3n) is 2.60. The molecule has 0 saturated heterocycles. The van der Waals surface area contributed by atoms with E-state index in [1.54, 1.807) is 37.3 Å². The lowest BCUT2D eigenvalue weighted by Gasteiger charge is -2.10.